The van der Waals surface area contributed by atoms with Crippen molar-refractivity contribution < 1.29 is 9.47 Å². The Morgan fingerprint density at radius 3 is 2.83 bits per heavy atom. The van der Waals surface area contributed by atoms with Crippen LogP contribution in [0.4, 0.5) is 5.69 Å². The molecule has 0 aliphatic carbocycles. The van der Waals surface area contributed by atoms with Crippen LogP contribution >= 0.6 is 0 Å². The molecule has 2 aromatic carbocycles. The number of hydrogen-bond acceptors (Lipinski definition) is 5. The van der Waals surface area contributed by atoms with Crippen molar-refractivity contribution in [1.29, 1.82) is 0 Å². The van der Waals surface area contributed by atoms with Crippen molar-refractivity contribution in [2.24, 2.45) is 0 Å². The lowest BCUT2D eigenvalue weighted by molar-refractivity contribution is 0.0643. The average Bonchev–Trinajstić information content (AvgIpc) is 3.25. The van der Waals surface area contributed by atoms with Crippen molar-refractivity contribution >= 4 is 16.5 Å². The van der Waals surface area contributed by atoms with Gasteiger partial charge in [-0.2, -0.15) is 4.98 Å². The maximum Gasteiger partial charge on any atom is 0.316 e. The predicted molar refractivity (Wildman–Crippen MR) is 115 cm³/mol. The fourth-order valence-corrected chi connectivity index (χ4v) is 4.57. The third kappa shape index (κ3) is 3.55. The molecule has 5 rings (SSSR count). The minimum Gasteiger partial charge on any atom is -0.461 e. The Bertz CT molecular complexity index is 1040. The van der Waals surface area contributed by atoms with E-state index < -0.39 is 0 Å². The first-order chi connectivity index (χ1) is 14.2. The molecule has 0 spiro atoms. The molecule has 0 bridgehead atoms. The zero-order valence-electron chi connectivity index (χ0n) is 17.1. The Morgan fingerprint density at radius 1 is 1.14 bits per heavy atom. The number of fused-ring (bicyclic) bond motifs is 2. The number of aromatic nitrogens is 2. The van der Waals surface area contributed by atoms with Gasteiger partial charge in [0.05, 0.1) is 18.3 Å². The highest BCUT2D eigenvalue weighted by atomic mass is 16.5. The maximum atomic E-state index is 5.90. The van der Waals surface area contributed by atoms with E-state index in [2.05, 4.69) is 60.1 Å². The van der Waals surface area contributed by atoms with Gasteiger partial charge in [-0.25, -0.2) is 4.98 Å². The van der Waals surface area contributed by atoms with E-state index in [4.69, 9.17) is 14.5 Å². The standard InChI is InChI=1S/C24H27N3O2/c1-16-6-3-7-18-8-4-10-22(23(16)18)27-12-11-20-17(2)25-24(26-21(20)14-27)29-15-19-9-5-13-28-19/h3-4,6-8,10,19H,5,9,11-15H2,1-2H3/t19-/m0/s1. The Kier molecular flexibility index (Phi) is 4.84. The normalized spacial score (nSPS) is 18.8. The molecule has 3 heterocycles. The van der Waals surface area contributed by atoms with Crippen LogP contribution in [0.25, 0.3) is 10.8 Å². The molecule has 5 heteroatoms. The van der Waals surface area contributed by atoms with Gasteiger partial charge in [-0.3, -0.25) is 0 Å². The molecule has 150 valence electrons. The summed E-state index contributed by atoms with van der Waals surface area (Å²) in [5, 5.41) is 2.62. The van der Waals surface area contributed by atoms with E-state index in [-0.39, 0.29) is 6.10 Å². The molecule has 1 fully saturated rings. The SMILES string of the molecule is Cc1nc(OC[C@@H]2CCCO2)nc2c1CCN(c1cccc3cccc(C)c13)C2. The molecule has 29 heavy (non-hydrogen) atoms. The number of benzene rings is 2. The second-order valence-corrected chi connectivity index (χ2v) is 8.08. The summed E-state index contributed by atoms with van der Waals surface area (Å²) >= 11 is 0. The minimum atomic E-state index is 0.171. The van der Waals surface area contributed by atoms with E-state index >= 15 is 0 Å². The van der Waals surface area contributed by atoms with E-state index in [0.717, 1.165) is 50.3 Å². The van der Waals surface area contributed by atoms with Crippen molar-refractivity contribution in [3.8, 4) is 6.01 Å². The van der Waals surface area contributed by atoms with E-state index in [1.165, 1.54) is 27.6 Å². The fraction of sp³-hybridized carbons (Fsp3) is 0.417. The zero-order chi connectivity index (χ0) is 19.8. The second kappa shape index (κ2) is 7.64. The summed E-state index contributed by atoms with van der Waals surface area (Å²) < 4.78 is 11.6. The van der Waals surface area contributed by atoms with Gasteiger partial charge in [-0.15, -0.1) is 0 Å². The highest BCUT2D eigenvalue weighted by Gasteiger charge is 2.24. The topological polar surface area (TPSA) is 47.5 Å². The number of ether oxygens (including phenoxy) is 2. The molecule has 2 aliphatic rings. The molecule has 0 radical (unpaired) electrons. The maximum absolute atomic E-state index is 5.90. The van der Waals surface area contributed by atoms with Gasteiger partial charge in [0.2, 0.25) is 0 Å². The number of rotatable bonds is 4. The van der Waals surface area contributed by atoms with Gasteiger partial charge in [-0.05, 0) is 55.7 Å². The third-order valence-corrected chi connectivity index (χ3v) is 6.11. The van der Waals surface area contributed by atoms with Gasteiger partial charge in [0, 0.05) is 29.9 Å². The van der Waals surface area contributed by atoms with Crippen LogP contribution in [0.3, 0.4) is 0 Å². The lowest BCUT2D eigenvalue weighted by Crippen LogP contribution is -2.32. The molecule has 2 aliphatic heterocycles. The van der Waals surface area contributed by atoms with Crippen LogP contribution in [-0.2, 0) is 17.7 Å². The molecule has 1 aromatic heterocycles. The van der Waals surface area contributed by atoms with E-state index in [0.29, 0.717) is 12.6 Å². The predicted octanol–water partition coefficient (Wildman–Crippen LogP) is 4.37. The molecule has 1 atom stereocenters. The van der Waals surface area contributed by atoms with E-state index in [9.17, 15) is 0 Å². The summed E-state index contributed by atoms with van der Waals surface area (Å²) in [6.07, 6.45) is 3.29. The summed E-state index contributed by atoms with van der Waals surface area (Å²) in [6.45, 7) is 7.37. The quantitative estimate of drug-likeness (QED) is 0.663. The van der Waals surface area contributed by atoms with Crippen molar-refractivity contribution in [3.05, 3.63) is 58.9 Å². The smallest absolute Gasteiger partial charge is 0.316 e. The Hall–Kier alpha value is -2.66. The van der Waals surface area contributed by atoms with Gasteiger partial charge < -0.3 is 14.4 Å². The molecule has 3 aromatic rings. The van der Waals surface area contributed by atoms with Gasteiger partial charge >= 0.3 is 6.01 Å². The largest absolute Gasteiger partial charge is 0.461 e. The van der Waals surface area contributed by atoms with Gasteiger partial charge in [0.15, 0.2) is 0 Å². The minimum absolute atomic E-state index is 0.171. The number of aryl methyl sites for hydroxylation is 2. The van der Waals surface area contributed by atoms with Gasteiger partial charge in [0.25, 0.3) is 0 Å². The number of hydrogen-bond donors (Lipinski definition) is 0. The summed E-state index contributed by atoms with van der Waals surface area (Å²) in [7, 11) is 0. The van der Waals surface area contributed by atoms with Gasteiger partial charge in [0.1, 0.15) is 6.61 Å². The Labute approximate surface area is 171 Å². The van der Waals surface area contributed by atoms with Crippen LogP contribution in [0.2, 0.25) is 0 Å². The average molecular weight is 389 g/mol. The van der Waals surface area contributed by atoms with Crippen molar-refractivity contribution in [1.82, 2.24) is 9.97 Å². The molecular formula is C24H27N3O2. The van der Waals surface area contributed by atoms with E-state index in [1.807, 2.05) is 0 Å². The number of anilines is 1. The van der Waals surface area contributed by atoms with E-state index in [1.54, 1.807) is 0 Å². The van der Waals surface area contributed by atoms with Crippen LogP contribution in [0.5, 0.6) is 6.01 Å². The van der Waals surface area contributed by atoms with Crippen molar-refractivity contribution in [2.75, 3.05) is 24.7 Å². The molecule has 0 saturated carbocycles. The molecule has 0 unspecified atom stereocenters. The second-order valence-electron chi connectivity index (χ2n) is 8.08. The lowest BCUT2D eigenvalue weighted by atomic mass is 9.99. The Morgan fingerprint density at radius 2 is 2.00 bits per heavy atom. The molecule has 0 N–H and O–H groups in total. The van der Waals surface area contributed by atoms with Crippen molar-refractivity contribution in [2.45, 2.75) is 45.8 Å². The van der Waals surface area contributed by atoms with Gasteiger partial charge in [-0.1, -0.05) is 30.3 Å². The first-order valence-electron chi connectivity index (χ1n) is 10.5. The first-order valence-corrected chi connectivity index (χ1v) is 10.5. The summed E-state index contributed by atoms with van der Waals surface area (Å²) in [5.74, 6) is 0. The first kappa shape index (κ1) is 18.4. The van der Waals surface area contributed by atoms with Crippen LogP contribution in [-0.4, -0.2) is 35.8 Å². The molecular weight excluding hydrogens is 362 g/mol. The molecule has 5 nitrogen and oxygen atoms in total. The number of nitrogens with zero attached hydrogens (tertiary/aromatic N) is 3. The highest BCUT2D eigenvalue weighted by Crippen LogP contribution is 2.33. The van der Waals surface area contributed by atoms with Crippen LogP contribution in [0, 0.1) is 13.8 Å². The Balaban J connectivity index is 1.43. The fourth-order valence-electron chi connectivity index (χ4n) is 4.57. The third-order valence-electron chi connectivity index (χ3n) is 6.11. The molecule has 1 saturated heterocycles. The summed E-state index contributed by atoms with van der Waals surface area (Å²) in [6, 6.07) is 13.5. The van der Waals surface area contributed by atoms with Crippen LogP contribution in [0.15, 0.2) is 36.4 Å². The summed E-state index contributed by atoms with van der Waals surface area (Å²) in [4.78, 5) is 11.8. The highest BCUT2D eigenvalue weighted by molar-refractivity contribution is 5.96. The molecule has 0 amide bonds. The monoisotopic (exact) mass is 389 g/mol. The summed E-state index contributed by atoms with van der Waals surface area (Å²) in [5.41, 5.74) is 5.97. The zero-order valence-corrected chi connectivity index (χ0v) is 17.1. The van der Waals surface area contributed by atoms with Crippen LogP contribution in [0.1, 0.15) is 35.4 Å². The lowest BCUT2D eigenvalue weighted by Gasteiger charge is -2.32. The van der Waals surface area contributed by atoms with Crippen LogP contribution < -0.4 is 9.64 Å². The van der Waals surface area contributed by atoms with Crippen molar-refractivity contribution in [3.63, 3.8) is 0 Å².